The monoisotopic (exact) mass is 293 g/mol. The number of rotatable bonds is 8. The van der Waals surface area contributed by atoms with Crippen LogP contribution in [0, 0.1) is 5.92 Å². The molecule has 0 radical (unpaired) electrons. The Labute approximate surface area is 127 Å². The van der Waals surface area contributed by atoms with Gasteiger partial charge in [-0.05, 0) is 29.9 Å². The van der Waals surface area contributed by atoms with E-state index in [1.807, 2.05) is 31.2 Å². The van der Waals surface area contributed by atoms with E-state index in [1.54, 1.807) is 7.11 Å². The summed E-state index contributed by atoms with van der Waals surface area (Å²) in [4.78, 5) is 12.1. The lowest BCUT2D eigenvalue weighted by atomic mass is 9.96. The molecule has 2 atom stereocenters. The second-order valence-electron chi connectivity index (χ2n) is 5.92. The summed E-state index contributed by atoms with van der Waals surface area (Å²) in [5.41, 5.74) is 1.03. The second kappa shape index (κ2) is 8.67. The van der Waals surface area contributed by atoms with E-state index in [0.717, 1.165) is 17.7 Å². The van der Waals surface area contributed by atoms with Gasteiger partial charge < -0.3 is 15.2 Å². The van der Waals surface area contributed by atoms with E-state index in [2.05, 4.69) is 19.2 Å². The summed E-state index contributed by atoms with van der Waals surface area (Å²) in [7, 11) is 1.63. The highest BCUT2D eigenvalue weighted by Crippen LogP contribution is 2.28. The van der Waals surface area contributed by atoms with Gasteiger partial charge in [-0.25, -0.2) is 0 Å². The lowest BCUT2D eigenvalue weighted by Gasteiger charge is -2.20. The Morgan fingerprint density at radius 3 is 2.52 bits per heavy atom. The van der Waals surface area contributed by atoms with Crippen molar-refractivity contribution in [3.05, 3.63) is 29.8 Å². The molecule has 1 aromatic rings. The van der Waals surface area contributed by atoms with Crippen molar-refractivity contribution in [2.45, 2.75) is 45.6 Å². The van der Waals surface area contributed by atoms with Crippen LogP contribution in [0.25, 0.3) is 0 Å². The van der Waals surface area contributed by atoms with Gasteiger partial charge in [-0.15, -0.1) is 0 Å². The molecular weight excluding hydrogens is 266 g/mol. The molecule has 4 heteroatoms. The van der Waals surface area contributed by atoms with Gasteiger partial charge in [0, 0.05) is 6.42 Å². The van der Waals surface area contributed by atoms with E-state index in [0.29, 0.717) is 12.3 Å². The van der Waals surface area contributed by atoms with Crippen LogP contribution >= 0.6 is 0 Å². The van der Waals surface area contributed by atoms with Crippen molar-refractivity contribution in [3.8, 4) is 5.75 Å². The van der Waals surface area contributed by atoms with Gasteiger partial charge in [-0.2, -0.15) is 0 Å². The molecule has 21 heavy (non-hydrogen) atoms. The molecule has 2 N–H and O–H groups in total. The van der Waals surface area contributed by atoms with Crippen LogP contribution in [0.15, 0.2) is 24.3 Å². The van der Waals surface area contributed by atoms with Crippen LogP contribution in [0.5, 0.6) is 5.75 Å². The molecule has 0 saturated carbocycles. The van der Waals surface area contributed by atoms with E-state index in [9.17, 15) is 9.90 Å². The highest BCUT2D eigenvalue weighted by molar-refractivity contribution is 5.77. The van der Waals surface area contributed by atoms with Crippen LogP contribution in [0.4, 0.5) is 0 Å². The number of aliphatic hydroxyl groups excluding tert-OH is 1. The Morgan fingerprint density at radius 1 is 1.29 bits per heavy atom. The highest BCUT2D eigenvalue weighted by Gasteiger charge is 2.18. The third kappa shape index (κ3) is 5.76. The van der Waals surface area contributed by atoms with Gasteiger partial charge >= 0.3 is 0 Å². The molecule has 0 heterocycles. The van der Waals surface area contributed by atoms with Gasteiger partial charge in [-0.1, -0.05) is 39.0 Å². The third-order valence-corrected chi connectivity index (χ3v) is 3.50. The fraction of sp³-hybridized carbons (Fsp3) is 0.588. The maximum absolute atomic E-state index is 12.1. The lowest BCUT2D eigenvalue weighted by molar-refractivity contribution is -0.122. The first-order chi connectivity index (χ1) is 9.97. The Morgan fingerprint density at radius 2 is 1.95 bits per heavy atom. The van der Waals surface area contributed by atoms with Gasteiger partial charge in [0.25, 0.3) is 0 Å². The fourth-order valence-electron chi connectivity index (χ4n) is 2.50. The highest BCUT2D eigenvalue weighted by atomic mass is 16.5. The van der Waals surface area contributed by atoms with Crippen molar-refractivity contribution in [3.63, 3.8) is 0 Å². The van der Waals surface area contributed by atoms with Gasteiger partial charge in [0.15, 0.2) is 0 Å². The molecule has 0 aromatic heterocycles. The second-order valence-corrected chi connectivity index (χ2v) is 5.92. The number of hydrogen-bond donors (Lipinski definition) is 2. The van der Waals surface area contributed by atoms with Crippen LogP contribution in [0.1, 0.15) is 45.1 Å². The van der Waals surface area contributed by atoms with Crippen LogP contribution < -0.4 is 10.1 Å². The van der Waals surface area contributed by atoms with Crippen molar-refractivity contribution in [2.75, 3.05) is 13.7 Å². The van der Waals surface area contributed by atoms with Crippen LogP contribution in [-0.2, 0) is 4.79 Å². The van der Waals surface area contributed by atoms with Crippen molar-refractivity contribution in [1.82, 2.24) is 5.32 Å². The summed E-state index contributed by atoms with van der Waals surface area (Å²) in [6, 6.07) is 7.58. The van der Waals surface area contributed by atoms with Crippen molar-refractivity contribution >= 4 is 5.91 Å². The van der Waals surface area contributed by atoms with Crippen molar-refractivity contribution in [1.29, 1.82) is 0 Å². The molecular formula is C17H27NO3. The van der Waals surface area contributed by atoms with Gasteiger partial charge in [-0.3, -0.25) is 4.79 Å². The zero-order valence-electron chi connectivity index (χ0n) is 13.4. The molecule has 0 fully saturated rings. The molecule has 1 amide bonds. The zero-order chi connectivity index (χ0) is 15.8. The summed E-state index contributed by atoms with van der Waals surface area (Å²) in [5, 5.41) is 12.2. The number of hydrogen-bond acceptors (Lipinski definition) is 3. The van der Waals surface area contributed by atoms with Crippen LogP contribution in [-0.4, -0.2) is 30.8 Å². The number of benzene rings is 1. The van der Waals surface area contributed by atoms with E-state index in [4.69, 9.17) is 4.74 Å². The SMILES string of the molecule is COc1ccccc1C(C)CC(=O)NC(CO)CC(C)C. The lowest BCUT2D eigenvalue weighted by Crippen LogP contribution is -2.38. The molecule has 0 spiro atoms. The number of carbonyl (C=O) groups is 1. The first kappa shape index (κ1) is 17.5. The summed E-state index contributed by atoms with van der Waals surface area (Å²) < 4.78 is 5.33. The molecule has 1 rings (SSSR count). The minimum absolute atomic E-state index is 0.0209. The molecule has 4 nitrogen and oxygen atoms in total. The predicted octanol–water partition coefficient (Wildman–Crippen LogP) is 2.71. The van der Waals surface area contributed by atoms with Crippen molar-refractivity contribution < 1.29 is 14.6 Å². The molecule has 0 saturated heterocycles. The molecule has 0 aliphatic heterocycles. The molecule has 2 unspecified atom stereocenters. The van der Waals surface area contributed by atoms with E-state index in [1.165, 1.54) is 0 Å². The smallest absolute Gasteiger partial charge is 0.220 e. The molecule has 0 aliphatic rings. The number of amides is 1. The topological polar surface area (TPSA) is 58.6 Å². The van der Waals surface area contributed by atoms with Gasteiger partial charge in [0.05, 0.1) is 19.8 Å². The van der Waals surface area contributed by atoms with Gasteiger partial charge in [0.1, 0.15) is 5.75 Å². The largest absolute Gasteiger partial charge is 0.496 e. The van der Waals surface area contributed by atoms with E-state index in [-0.39, 0.29) is 24.5 Å². The molecule has 0 aliphatic carbocycles. The number of para-hydroxylation sites is 1. The number of nitrogens with one attached hydrogen (secondary N) is 1. The maximum Gasteiger partial charge on any atom is 0.220 e. The number of aliphatic hydroxyl groups is 1. The number of methoxy groups -OCH3 is 1. The minimum Gasteiger partial charge on any atom is -0.496 e. The van der Waals surface area contributed by atoms with E-state index < -0.39 is 0 Å². The van der Waals surface area contributed by atoms with Gasteiger partial charge in [0.2, 0.25) is 5.91 Å². The van der Waals surface area contributed by atoms with Crippen LogP contribution in [0.3, 0.4) is 0 Å². The Hall–Kier alpha value is -1.55. The number of carbonyl (C=O) groups excluding carboxylic acids is 1. The van der Waals surface area contributed by atoms with Crippen molar-refractivity contribution in [2.24, 2.45) is 5.92 Å². The first-order valence-electron chi connectivity index (χ1n) is 7.51. The van der Waals surface area contributed by atoms with E-state index >= 15 is 0 Å². The molecule has 1 aromatic carbocycles. The Bertz CT molecular complexity index is 445. The molecule has 0 bridgehead atoms. The predicted molar refractivity (Wildman–Crippen MR) is 84.5 cm³/mol. The normalized spacial score (nSPS) is 13.8. The zero-order valence-corrected chi connectivity index (χ0v) is 13.4. The summed E-state index contributed by atoms with van der Waals surface area (Å²) >= 11 is 0. The quantitative estimate of drug-likeness (QED) is 0.775. The Balaban J connectivity index is 2.61. The first-order valence-corrected chi connectivity index (χ1v) is 7.51. The standard InChI is InChI=1S/C17H27NO3/c1-12(2)9-14(11-19)18-17(20)10-13(3)15-7-5-6-8-16(15)21-4/h5-8,12-14,19H,9-11H2,1-4H3,(H,18,20). The fourth-order valence-corrected chi connectivity index (χ4v) is 2.50. The molecule has 118 valence electrons. The summed E-state index contributed by atoms with van der Waals surface area (Å²) in [6.07, 6.45) is 1.17. The third-order valence-electron chi connectivity index (χ3n) is 3.50. The number of ether oxygens (including phenoxy) is 1. The average Bonchev–Trinajstić information content (AvgIpc) is 2.45. The Kier molecular flexibility index (Phi) is 7.23. The summed E-state index contributed by atoms with van der Waals surface area (Å²) in [5.74, 6) is 1.28. The van der Waals surface area contributed by atoms with Crippen LogP contribution in [0.2, 0.25) is 0 Å². The minimum atomic E-state index is -0.164. The summed E-state index contributed by atoms with van der Waals surface area (Å²) in [6.45, 7) is 6.14. The average molecular weight is 293 g/mol. The maximum atomic E-state index is 12.1.